The number of benzene rings is 1. The Hall–Kier alpha value is -2.78. The van der Waals surface area contributed by atoms with Crippen molar-refractivity contribution in [2.75, 3.05) is 17.7 Å². The molecule has 4 rings (SSSR count). The second kappa shape index (κ2) is 9.79. The van der Waals surface area contributed by atoms with Crippen LogP contribution in [0, 0.1) is 13.8 Å². The van der Waals surface area contributed by atoms with E-state index in [0.717, 1.165) is 44.1 Å². The number of imidazole rings is 1. The molecule has 2 aromatic rings. The van der Waals surface area contributed by atoms with Crippen LogP contribution in [0.15, 0.2) is 45.5 Å². The molecule has 0 unspecified atom stereocenters. The average molecular weight is 471 g/mol. The summed E-state index contributed by atoms with van der Waals surface area (Å²) in [7, 11) is 0. The summed E-state index contributed by atoms with van der Waals surface area (Å²) in [6, 6.07) is 9.37. The van der Waals surface area contributed by atoms with Crippen molar-refractivity contribution >= 4 is 45.6 Å². The second-order valence-electron chi connectivity index (χ2n) is 7.39. The summed E-state index contributed by atoms with van der Waals surface area (Å²) in [6.07, 6.45) is 3.84. The maximum Gasteiger partial charge on any atom is 0.354 e. The first-order valence-corrected chi connectivity index (χ1v) is 12.2. The monoisotopic (exact) mass is 470 g/mol. The number of amides is 1. The van der Waals surface area contributed by atoms with Crippen LogP contribution < -0.4 is 11.0 Å². The van der Waals surface area contributed by atoms with Gasteiger partial charge in [-0.05, 0) is 43.9 Å². The first-order chi connectivity index (χ1) is 15.5. The number of nitrogens with one attached hydrogen (secondary N) is 1. The number of unbranched alkanes of at least 4 members (excludes halogenated alkanes) is 2. The number of hydrogen-bond acceptors (Lipinski definition) is 6. The number of carbonyl (C=O) groups excluding carboxylic acids is 1. The number of pyridine rings is 1. The van der Waals surface area contributed by atoms with Gasteiger partial charge in [-0.25, -0.2) is 4.79 Å². The van der Waals surface area contributed by atoms with Crippen LogP contribution in [0.4, 0.5) is 10.2 Å². The first-order valence-electron chi connectivity index (χ1n) is 10.4. The molecule has 0 saturated carbocycles. The van der Waals surface area contributed by atoms with Gasteiger partial charge in [0.2, 0.25) is 0 Å². The smallest absolute Gasteiger partial charge is 0.303 e. The highest BCUT2D eigenvalue weighted by molar-refractivity contribution is 8.01. The third-order valence-electron chi connectivity index (χ3n) is 5.26. The van der Waals surface area contributed by atoms with Crippen molar-refractivity contribution in [3.63, 3.8) is 0 Å². The Morgan fingerprint density at radius 2 is 2.00 bits per heavy atom. The van der Waals surface area contributed by atoms with E-state index in [1.165, 1.54) is 0 Å². The maximum atomic E-state index is 13.1. The van der Waals surface area contributed by atoms with Crippen LogP contribution in [-0.4, -0.2) is 32.9 Å². The molecule has 0 spiro atoms. The summed E-state index contributed by atoms with van der Waals surface area (Å²) in [4.78, 5) is 35.2. The van der Waals surface area contributed by atoms with Gasteiger partial charge >= 0.3 is 5.69 Å². The van der Waals surface area contributed by atoms with Crippen molar-refractivity contribution in [1.29, 1.82) is 0 Å². The number of nitrogens with zero attached hydrogens (tertiary/aromatic N) is 3. The second-order valence-corrected chi connectivity index (χ2v) is 9.98. The van der Waals surface area contributed by atoms with E-state index >= 15 is 0 Å². The SMILES string of the molecule is Cc1sc(SCCCCCF)c2c(NC(=O)c3nccc4ccccc34)nc(=O)n-2c1C. The lowest BCUT2D eigenvalue weighted by molar-refractivity contribution is 0.102. The van der Waals surface area contributed by atoms with E-state index in [1.54, 1.807) is 33.9 Å². The Kier molecular flexibility index (Phi) is 6.86. The summed E-state index contributed by atoms with van der Waals surface area (Å²) >= 11 is 3.18. The van der Waals surface area contributed by atoms with Gasteiger partial charge < -0.3 is 5.32 Å². The number of aromatic nitrogens is 3. The van der Waals surface area contributed by atoms with Crippen LogP contribution in [0.3, 0.4) is 0 Å². The van der Waals surface area contributed by atoms with Gasteiger partial charge in [0.15, 0.2) is 5.82 Å². The summed E-state index contributed by atoms with van der Waals surface area (Å²) in [5.41, 5.74) is 1.26. The number of carbonyl (C=O) groups is 1. The third kappa shape index (κ3) is 4.40. The molecule has 1 N–H and O–H groups in total. The topological polar surface area (TPSA) is 76.9 Å². The number of fused-ring (bicyclic) bond motifs is 2. The lowest BCUT2D eigenvalue weighted by atomic mass is 10.1. The average Bonchev–Trinajstić information content (AvgIpc) is 3.12. The fraction of sp³-hybridized carbons (Fsp3) is 0.304. The molecule has 32 heavy (non-hydrogen) atoms. The number of halogens is 1. The largest absolute Gasteiger partial charge is 0.354 e. The first kappa shape index (κ1) is 22.4. The zero-order valence-electron chi connectivity index (χ0n) is 17.9. The van der Waals surface area contributed by atoms with Gasteiger partial charge in [-0.2, -0.15) is 4.98 Å². The van der Waals surface area contributed by atoms with E-state index in [-0.39, 0.29) is 18.2 Å². The van der Waals surface area contributed by atoms with Crippen molar-refractivity contribution in [2.45, 2.75) is 37.3 Å². The summed E-state index contributed by atoms with van der Waals surface area (Å²) < 4.78 is 14.8. The number of alkyl halides is 1. The molecule has 2 aliphatic rings. The molecule has 1 amide bonds. The zero-order valence-corrected chi connectivity index (χ0v) is 19.5. The molecule has 9 heteroatoms. The minimum atomic E-state index is -0.422. The van der Waals surface area contributed by atoms with Gasteiger partial charge in [-0.1, -0.05) is 30.7 Å². The van der Waals surface area contributed by atoms with E-state index in [2.05, 4.69) is 15.3 Å². The van der Waals surface area contributed by atoms with Crippen molar-refractivity contribution in [2.24, 2.45) is 0 Å². The lowest BCUT2D eigenvalue weighted by Crippen LogP contribution is -2.17. The van der Waals surface area contributed by atoms with E-state index in [0.29, 0.717) is 12.1 Å². The van der Waals surface area contributed by atoms with Gasteiger partial charge in [-0.15, -0.1) is 23.1 Å². The highest BCUT2D eigenvalue weighted by atomic mass is 32.2. The standard InChI is InChI=1S/C23H23FN4O2S2/c1-14-15(2)32-22(31-13-7-3-6-11-24)19-20(27-23(30)28(14)19)26-21(29)18-17-9-5-4-8-16(17)10-12-25-18/h4-5,8-10,12H,3,6-7,11,13H2,1-2H3,(H,26,27,29,30). The van der Waals surface area contributed by atoms with Crippen molar-refractivity contribution < 1.29 is 9.18 Å². The predicted octanol–water partition coefficient (Wildman–Crippen LogP) is 5.38. The molecule has 1 aromatic carbocycles. The van der Waals surface area contributed by atoms with Crippen LogP contribution in [0.25, 0.3) is 16.5 Å². The molecule has 0 saturated heterocycles. The quantitative estimate of drug-likeness (QED) is 0.276. The molecule has 6 nitrogen and oxygen atoms in total. The lowest BCUT2D eigenvalue weighted by Gasteiger charge is -2.15. The zero-order chi connectivity index (χ0) is 22.7. The molecule has 2 aliphatic heterocycles. The Labute approximate surface area is 193 Å². The molecular formula is C23H23FN4O2S2. The number of anilines is 1. The van der Waals surface area contributed by atoms with Gasteiger partial charge in [0.05, 0.1) is 10.9 Å². The van der Waals surface area contributed by atoms with Crippen molar-refractivity contribution in [3.05, 3.63) is 63.3 Å². The third-order valence-corrected chi connectivity index (χ3v) is 7.79. The van der Waals surface area contributed by atoms with Gasteiger partial charge in [0.1, 0.15) is 11.4 Å². The van der Waals surface area contributed by atoms with E-state index in [1.807, 2.05) is 44.2 Å². The predicted molar refractivity (Wildman–Crippen MR) is 129 cm³/mol. The van der Waals surface area contributed by atoms with Crippen LogP contribution in [0.2, 0.25) is 0 Å². The molecular weight excluding hydrogens is 447 g/mol. The van der Waals surface area contributed by atoms with Crippen molar-refractivity contribution in [1.82, 2.24) is 14.5 Å². The van der Waals surface area contributed by atoms with Crippen LogP contribution in [0.5, 0.6) is 0 Å². The fourth-order valence-electron chi connectivity index (χ4n) is 3.51. The van der Waals surface area contributed by atoms with E-state index < -0.39 is 11.6 Å². The summed E-state index contributed by atoms with van der Waals surface area (Å²) in [5.74, 6) is 0.621. The van der Waals surface area contributed by atoms with Crippen LogP contribution >= 0.6 is 23.1 Å². The van der Waals surface area contributed by atoms with Gasteiger partial charge in [-0.3, -0.25) is 18.7 Å². The summed E-state index contributed by atoms with van der Waals surface area (Å²) in [6.45, 7) is 3.53. The minimum Gasteiger partial charge on any atom is -0.303 e. The van der Waals surface area contributed by atoms with Gasteiger partial charge in [0.25, 0.3) is 5.91 Å². The Bertz CT molecular complexity index is 1300. The minimum absolute atomic E-state index is 0.236. The highest BCUT2D eigenvalue weighted by Gasteiger charge is 2.25. The highest BCUT2D eigenvalue weighted by Crippen LogP contribution is 2.38. The van der Waals surface area contributed by atoms with Crippen molar-refractivity contribution in [3.8, 4) is 5.69 Å². The number of rotatable bonds is 8. The van der Waals surface area contributed by atoms with E-state index in [4.69, 9.17) is 0 Å². The summed E-state index contributed by atoms with van der Waals surface area (Å²) in [5, 5.41) is 4.46. The van der Waals surface area contributed by atoms with Crippen LogP contribution in [-0.2, 0) is 0 Å². The van der Waals surface area contributed by atoms with E-state index in [9.17, 15) is 14.0 Å². The molecule has 1 aromatic heterocycles. The molecule has 0 atom stereocenters. The number of hydrogen-bond donors (Lipinski definition) is 1. The van der Waals surface area contributed by atoms with Crippen LogP contribution in [0.1, 0.15) is 40.3 Å². The Morgan fingerprint density at radius 1 is 1.19 bits per heavy atom. The molecule has 3 heterocycles. The molecule has 0 aliphatic carbocycles. The van der Waals surface area contributed by atoms with Gasteiger partial charge in [0, 0.05) is 22.2 Å². The fourth-order valence-corrected chi connectivity index (χ4v) is 6.03. The maximum absolute atomic E-state index is 13.1. The Balaban J connectivity index is 1.69. The Morgan fingerprint density at radius 3 is 2.81 bits per heavy atom. The molecule has 0 fully saturated rings. The molecule has 0 bridgehead atoms. The molecule has 0 radical (unpaired) electrons. The molecule has 166 valence electrons. The number of aryl methyl sites for hydroxylation is 1. The number of thioether (sulfide) groups is 1. The normalized spacial score (nSPS) is 11.3.